The maximum atomic E-state index is 14.2. The smallest absolute Gasteiger partial charge is 0.164 e. The molecule has 0 amide bonds. The van der Waals surface area contributed by atoms with E-state index in [9.17, 15) is 9.90 Å². The molecule has 1 fully saturated rings. The lowest BCUT2D eigenvalue weighted by Gasteiger charge is -2.31. The average Bonchev–Trinajstić information content (AvgIpc) is 3.82. The van der Waals surface area contributed by atoms with Gasteiger partial charge in [-0.15, -0.1) is 0 Å². The van der Waals surface area contributed by atoms with E-state index in [-0.39, 0.29) is 18.3 Å². The molecule has 3 aromatic rings. The molecule has 3 aromatic carbocycles. The molecule has 1 aliphatic heterocycles. The van der Waals surface area contributed by atoms with Crippen LogP contribution in [0.4, 0.5) is 0 Å². The Balaban J connectivity index is 1.32. The molecular weight excluding hydrogens is 557 g/mol. The quantitative estimate of drug-likeness (QED) is 0.221. The van der Waals surface area contributed by atoms with Crippen molar-refractivity contribution in [1.82, 2.24) is 5.32 Å². The minimum Gasteiger partial charge on any atom is -0.490 e. The first-order valence-corrected chi connectivity index (χ1v) is 15.1. The van der Waals surface area contributed by atoms with Crippen LogP contribution in [0.1, 0.15) is 41.5 Å². The van der Waals surface area contributed by atoms with Crippen LogP contribution in [-0.2, 0) is 11.2 Å². The molecule has 2 aliphatic rings. The van der Waals surface area contributed by atoms with Crippen LogP contribution < -0.4 is 14.8 Å². The van der Waals surface area contributed by atoms with Crippen LogP contribution in [0.15, 0.2) is 66.2 Å². The van der Waals surface area contributed by atoms with Crippen LogP contribution in [0.5, 0.6) is 11.5 Å². The molecule has 1 aliphatic carbocycles. The first-order valence-electron chi connectivity index (χ1n) is 14.3. The van der Waals surface area contributed by atoms with Crippen LogP contribution >= 0.6 is 23.2 Å². The highest BCUT2D eigenvalue weighted by molar-refractivity contribution is 6.42. The number of aryl methyl sites for hydroxylation is 2. The summed E-state index contributed by atoms with van der Waals surface area (Å²) in [5.41, 5.74) is 5.75. The number of aliphatic hydroxyl groups excluding tert-OH is 1. The third kappa shape index (κ3) is 6.98. The Hall–Kier alpha value is -2.83. The van der Waals surface area contributed by atoms with Gasteiger partial charge in [-0.25, -0.2) is 0 Å². The van der Waals surface area contributed by atoms with Gasteiger partial charge in [0.15, 0.2) is 5.78 Å². The van der Waals surface area contributed by atoms with E-state index in [0.29, 0.717) is 54.1 Å². The van der Waals surface area contributed by atoms with Crippen LogP contribution in [-0.4, -0.2) is 43.3 Å². The van der Waals surface area contributed by atoms with Gasteiger partial charge in [0, 0.05) is 11.5 Å². The van der Waals surface area contributed by atoms with E-state index in [0.717, 1.165) is 52.2 Å². The number of ether oxygens (including phenoxy) is 2. The summed E-state index contributed by atoms with van der Waals surface area (Å²) < 4.78 is 11.9. The second kappa shape index (κ2) is 13.4. The number of para-hydroxylation sites is 1. The molecule has 0 spiro atoms. The number of Topliss-reactive ketones (excluding diaryl/α,β-unsaturated/α-hetero) is 1. The van der Waals surface area contributed by atoms with E-state index < -0.39 is 6.04 Å². The number of hydrogen-bond acceptors (Lipinski definition) is 5. The number of rotatable bonds is 12. The summed E-state index contributed by atoms with van der Waals surface area (Å²) in [6.07, 6.45) is 3.28. The lowest BCUT2D eigenvalue weighted by atomic mass is 9.79. The first-order chi connectivity index (χ1) is 19.9. The van der Waals surface area contributed by atoms with Crippen molar-refractivity contribution in [3.05, 3.63) is 98.5 Å². The molecule has 5 rings (SSSR count). The molecule has 1 saturated carbocycles. The summed E-state index contributed by atoms with van der Waals surface area (Å²) in [4.78, 5) is 14.2. The number of carbonyl (C=O) groups is 1. The summed E-state index contributed by atoms with van der Waals surface area (Å²) in [5, 5.41) is 14.6. The summed E-state index contributed by atoms with van der Waals surface area (Å²) in [6.45, 7) is 5.50. The Labute approximate surface area is 252 Å². The first kappa shape index (κ1) is 29.7. The van der Waals surface area contributed by atoms with E-state index >= 15 is 0 Å². The highest BCUT2D eigenvalue weighted by atomic mass is 35.5. The zero-order valence-electron chi connectivity index (χ0n) is 23.6. The van der Waals surface area contributed by atoms with Gasteiger partial charge in [0.25, 0.3) is 0 Å². The Morgan fingerprint density at radius 1 is 0.976 bits per heavy atom. The fourth-order valence-electron chi connectivity index (χ4n) is 5.79. The summed E-state index contributed by atoms with van der Waals surface area (Å²) in [5.74, 6) is 1.85. The lowest BCUT2D eigenvalue weighted by molar-refractivity contribution is -0.120. The number of nitrogens with one attached hydrogen (secondary N) is 1. The molecule has 216 valence electrons. The molecule has 2 unspecified atom stereocenters. The van der Waals surface area contributed by atoms with Crippen molar-refractivity contribution in [1.29, 1.82) is 0 Å². The maximum absolute atomic E-state index is 14.2. The van der Waals surface area contributed by atoms with Crippen LogP contribution in [0.2, 0.25) is 10.0 Å². The fourth-order valence-corrected chi connectivity index (χ4v) is 6.19. The molecule has 7 heteroatoms. The van der Waals surface area contributed by atoms with Crippen molar-refractivity contribution in [2.75, 3.05) is 26.4 Å². The molecule has 0 bridgehead atoms. The van der Waals surface area contributed by atoms with Crippen molar-refractivity contribution in [2.24, 2.45) is 11.8 Å². The van der Waals surface area contributed by atoms with Gasteiger partial charge in [-0.2, -0.15) is 0 Å². The van der Waals surface area contributed by atoms with Crippen LogP contribution in [0, 0.1) is 25.7 Å². The molecule has 5 nitrogen and oxygen atoms in total. The molecular formula is C34H37Cl2NO4. The van der Waals surface area contributed by atoms with Gasteiger partial charge in [0.1, 0.15) is 24.7 Å². The summed E-state index contributed by atoms with van der Waals surface area (Å²) in [6, 6.07) is 19.2. The van der Waals surface area contributed by atoms with Gasteiger partial charge in [-0.3, -0.25) is 4.79 Å². The molecule has 0 saturated heterocycles. The largest absolute Gasteiger partial charge is 0.490 e. The second-order valence-electron chi connectivity index (χ2n) is 11.0. The fraction of sp³-hybridized carbons (Fsp3) is 0.382. The van der Waals surface area contributed by atoms with Crippen molar-refractivity contribution in [3.8, 4) is 11.5 Å². The van der Waals surface area contributed by atoms with Crippen molar-refractivity contribution >= 4 is 34.6 Å². The van der Waals surface area contributed by atoms with Gasteiger partial charge in [0.05, 0.1) is 22.7 Å². The van der Waals surface area contributed by atoms with E-state index in [1.165, 1.54) is 0 Å². The number of halogens is 2. The highest BCUT2D eigenvalue weighted by Crippen LogP contribution is 2.43. The zero-order chi connectivity index (χ0) is 28.9. The standard InChI is InChI=1S/C34H37Cl2NO4/c1-21-5-3-6-22(2)34(21)41-18-17-40-26-13-11-23(12-14-26)27-15-16-37-30(20-38)31(27)33(39)28(24-9-10-24)19-25-7-4-8-29(35)32(25)36/h3-8,11-14,24,28,30,37-38H,9-10,15-20H2,1-2H3. The Morgan fingerprint density at radius 3 is 2.34 bits per heavy atom. The van der Waals surface area contributed by atoms with Gasteiger partial charge in [0.2, 0.25) is 0 Å². The number of aliphatic hydroxyl groups is 1. The van der Waals surface area contributed by atoms with Crippen molar-refractivity contribution in [3.63, 3.8) is 0 Å². The van der Waals surface area contributed by atoms with E-state index in [2.05, 4.69) is 5.32 Å². The molecule has 2 N–H and O–H groups in total. The van der Waals surface area contributed by atoms with E-state index in [1.807, 2.05) is 68.4 Å². The third-order valence-electron chi connectivity index (χ3n) is 8.10. The SMILES string of the molecule is Cc1cccc(C)c1OCCOc1ccc(C2=C(C(=O)C(Cc3cccc(Cl)c3Cl)C3CC3)C(CO)NCC2)cc1. The predicted octanol–water partition coefficient (Wildman–Crippen LogP) is 7.01. The second-order valence-corrected chi connectivity index (χ2v) is 11.8. The minimum atomic E-state index is -0.402. The van der Waals surface area contributed by atoms with E-state index in [4.69, 9.17) is 32.7 Å². The summed E-state index contributed by atoms with van der Waals surface area (Å²) in [7, 11) is 0. The number of carbonyl (C=O) groups excluding carboxylic acids is 1. The van der Waals surface area contributed by atoms with Gasteiger partial charge in [-0.1, -0.05) is 65.7 Å². The van der Waals surface area contributed by atoms with Crippen molar-refractivity contribution < 1.29 is 19.4 Å². The Kier molecular flexibility index (Phi) is 9.72. The number of benzene rings is 3. The molecule has 1 heterocycles. The summed E-state index contributed by atoms with van der Waals surface area (Å²) >= 11 is 12.8. The normalized spacial score (nSPS) is 17.8. The minimum absolute atomic E-state index is 0.0915. The molecule has 0 radical (unpaired) electrons. The molecule has 0 aromatic heterocycles. The third-order valence-corrected chi connectivity index (χ3v) is 8.95. The number of hydrogen-bond donors (Lipinski definition) is 2. The molecule has 41 heavy (non-hydrogen) atoms. The van der Waals surface area contributed by atoms with Gasteiger partial charge < -0.3 is 19.9 Å². The Bertz CT molecular complexity index is 1390. The maximum Gasteiger partial charge on any atom is 0.164 e. The van der Waals surface area contributed by atoms with Crippen LogP contribution in [0.3, 0.4) is 0 Å². The lowest BCUT2D eigenvalue weighted by Crippen LogP contribution is -2.43. The van der Waals surface area contributed by atoms with Gasteiger partial charge >= 0.3 is 0 Å². The predicted molar refractivity (Wildman–Crippen MR) is 165 cm³/mol. The van der Waals surface area contributed by atoms with E-state index in [1.54, 1.807) is 6.07 Å². The highest BCUT2D eigenvalue weighted by Gasteiger charge is 2.40. The zero-order valence-corrected chi connectivity index (χ0v) is 25.1. The topological polar surface area (TPSA) is 67.8 Å². The average molecular weight is 595 g/mol. The monoisotopic (exact) mass is 593 g/mol. The van der Waals surface area contributed by atoms with Crippen LogP contribution in [0.25, 0.3) is 5.57 Å². The molecule has 2 atom stereocenters. The van der Waals surface area contributed by atoms with Crippen molar-refractivity contribution in [2.45, 2.75) is 45.6 Å². The number of ketones is 1. The Morgan fingerprint density at radius 2 is 1.66 bits per heavy atom. The van der Waals surface area contributed by atoms with Gasteiger partial charge in [-0.05, 0) is 98.0 Å².